The summed E-state index contributed by atoms with van der Waals surface area (Å²) in [4.78, 5) is 0.0318. The van der Waals surface area contributed by atoms with Gasteiger partial charge in [-0.25, -0.2) is 8.42 Å². The summed E-state index contributed by atoms with van der Waals surface area (Å²) in [5.41, 5.74) is 0.940. The fourth-order valence-electron chi connectivity index (χ4n) is 2.29. The SMILES string of the molecule is Cc1ccc(S(=O)(=O)Oc2ccc3cc(S(=O)(=O)Cl)ccc3c2)cc1. The number of fused-ring (bicyclic) bond motifs is 1. The number of hydrogen-bond donors (Lipinski definition) is 0. The Balaban J connectivity index is 1.95. The minimum atomic E-state index is -3.95. The van der Waals surface area contributed by atoms with E-state index in [1.54, 1.807) is 18.2 Å². The Morgan fingerprint density at radius 2 is 1.32 bits per heavy atom. The van der Waals surface area contributed by atoms with Gasteiger partial charge in [0.25, 0.3) is 9.05 Å². The highest BCUT2D eigenvalue weighted by Crippen LogP contribution is 2.27. The van der Waals surface area contributed by atoms with Crippen molar-refractivity contribution in [2.75, 3.05) is 0 Å². The van der Waals surface area contributed by atoms with Gasteiger partial charge in [0.05, 0.1) is 4.90 Å². The molecule has 0 N–H and O–H groups in total. The van der Waals surface area contributed by atoms with Gasteiger partial charge in [-0.05, 0) is 54.1 Å². The van der Waals surface area contributed by atoms with Crippen molar-refractivity contribution in [1.29, 1.82) is 0 Å². The predicted molar refractivity (Wildman–Crippen MR) is 96.0 cm³/mol. The van der Waals surface area contributed by atoms with E-state index in [1.165, 1.54) is 42.5 Å². The summed E-state index contributed by atoms with van der Waals surface area (Å²) < 4.78 is 52.5. The number of rotatable bonds is 4. The first-order chi connectivity index (χ1) is 11.6. The van der Waals surface area contributed by atoms with Crippen LogP contribution in [0.25, 0.3) is 10.8 Å². The Morgan fingerprint density at radius 1 is 0.760 bits per heavy atom. The van der Waals surface area contributed by atoms with Crippen molar-refractivity contribution in [3.63, 3.8) is 0 Å². The summed E-state index contributed by atoms with van der Waals surface area (Å²) in [5, 5.41) is 1.22. The first-order valence-corrected chi connectivity index (χ1v) is 10.9. The van der Waals surface area contributed by atoms with Gasteiger partial charge >= 0.3 is 10.1 Å². The molecule has 130 valence electrons. The standard InChI is InChI=1S/C17H13ClO5S2/c1-12-2-7-16(8-3-12)25(21,22)23-15-6-4-14-11-17(24(18,19)20)9-5-13(14)10-15/h2-11H,1H3. The molecule has 0 aliphatic heterocycles. The van der Waals surface area contributed by atoms with Crippen LogP contribution in [0.1, 0.15) is 5.56 Å². The van der Waals surface area contributed by atoms with E-state index in [9.17, 15) is 16.8 Å². The molecule has 0 fully saturated rings. The molecular formula is C17H13ClO5S2. The van der Waals surface area contributed by atoms with Crippen LogP contribution in [0.5, 0.6) is 5.75 Å². The minimum Gasteiger partial charge on any atom is -0.379 e. The summed E-state index contributed by atoms with van der Waals surface area (Å²) in [5.74, 6) is 0.134. The molecule has 25 heavy (non-hydrogen) atoms. The molecule has 3 rings (SSSR count). The zero-order chi connectivity index (χ0) is 18.2. The number of halogens is 1. The van der Waals surface area contributed by atoms with E-state index in [0.717, 1.165) is 5.56 Å². The van der Waals surface area contributed by atoms with Gasteiger partial charge in [0, 0.05) is 10.7 Å². The van der Waals surface area contributed by atoms with E-state index in [-0.39, 0.29) is 15.5 Å². The zero-order valence-corrected chi connectivity index (χ0v) is 15.4. The minimum absolute atomic E-state index is 0.0254. The third-order valence-electron chi connectivity index (χ3n) is 3.58. The van der Waals surface area contributed by atoms with Gasteiger partial charge in [-0.3, -0.25) is 0 Å². The lowest BCUT2D eigenvalue weighted by Crippen LogP contribution is -2.09. The third-order valence-corrected chi connectivity index (χ3v) is 6.19. The monoisotopic (exact) mass is 396 g/mol. The quantitative estimate of drug-likeness (QED) is 0.494. The fraction of sp³-hybridized carbons (Fsp3) is 0.0588. The first-order valence-electron chi connectivity index (χ1n) is 7.15. The van der Waals surface area contributed by atoms with Crippen molar-refractivity contribution in [3.05, 3.63) is 66.2 Å². The average molecular weight is 397 g/mol. The molecule has 0 bridgehead atoms. The first kappa shape index (κ1) is 17.7. The van der Waals surface area contributed by atoms with E-state index >= 15 is 0 Å². The second-order valence-corrected chi connectivity index (χ2v) is 9.57. The van der Waals surface area contributed by atoms with Crippen LogP contribution in [0.4, 0.5) is 0 Å². The lowest BCUT2D eigenvalue weighted by atomic mass is 10.1. The van der Waals surface area contributed by atoms with E-state index in [2.05, 4.69) is 0 Å². The molecule has 8 heteroatoms. The fourth-order valence-corrected chi connectivity index (χ4v) is 3.99. The summed E-state index contributed by atoms with van der Waals surface area (Å²) in [6.45, 7) is 1.86. The maximum atomic E-state index is 12.3. The summed E-state index contributed by atoms with van der Waals surface area (Å²) in [7, 11) is -2.45. The van der Waals surface area contributed by atoms with Crippen LogP contribution in [-0.4, -0.2) is 16.8 Å². The van der Waals surface area contributed by atoms with Gasteiger partial charge in [0.15, 0.2) is 0 Å². The molecule has 0 heterocycles. The van der Waals surface area contributed by atoms with E-state index in [0.29, 0.717) is 10.8 Å². The van der Waals surface area contributed by atoms with Gasteiger partial charge < -0.3 is 4.18 Å². The van der Waals surface area contributed by atoms with E-state index < -0.39 is 19.2 Å². The molecule has 3 aromatic rings. The van der Waals surface area contributed by atoms with Crippen molar-refractivity contribution in [2.24, 2.45) is 0 Å². The second kappa shape index (κ2) is 6.33. The second-order valence-electron chi connectivity index (χ2n) is 5.46. The lowest BCUT2D eigenvalue weighted by molar-refractivity contribution is 0.486. The Morgan fingerprint density at radius 3 is 1.96 bits per heavy atom. The zero-order valence-electron chi connectivity index (χ0n) is 13.0. The molecule has 0 aliphatic rings. The van der Waals surface area contributed by atoms with Crippen LogP contribution in [0.2, 0.25) is 0 Å². The number of hydrogen-bond acceptors (Lipinski definition) is 5. The highest BCUT2D eigenvalue weighted by Gasteiger charge is 2.17. The molecule has 0 radical (unpaired) electrons. The molecule has 5 nitrogen and oxygen atoms in total. The van der Waals surface area contributed by atoms with Crippen molar-refractivity contribution >= 4 is 40.6 Å². The third kappa shape index (κ3) is 3.95. The highest BCUT2D eigenvalue weighted by atomic mass is 35.7. The molecule has 0 aromatic heterocycles. The van der Waals surface area contributed by atoms with Crippen molar-refractivity contribution in [1.82, 2.24) is 0 Å². The van der Waals surface area contributed by atoms with Crippen LogP contribution in [0.15, 0.2) is 70.5 Å². The van der Waals surface area contributed by atoms with Crippen molar-refractivity contribution in [2.45, 2.75) is 16.7 Å². The predicted octanol–water partition coefficient (Wildman–Crippen LogP) is 3.84. The molecule has 0 aliphatic carbocycles. The molecule has 0 unspecified atom stereocenters. The van der Waals surface area contributed by atoms with Crippen LogP contribution in [0, 0.1) is 6.92 Å². The number of benzene rings is 3. The molecule has 0 atom stereocenters. The molecular weight excluding hydrogens is 384 g/mol. The molecule has 3 aromatic carbocycles. The Labute approximate surface area is 150 Å². The van der Waals surface area contributed by atoms with Crippen molar-refractivity contribution < 1.29 is 21.0 Å². The number of aryl methyl sites for hydroxylation is 1. The maximum absolute atomic E-state index is 12.3. The lowest BCUT2D eigenvalue weighted by Gasteiger charge is -2.08. The van der Waals surface area contributed by atoms with Gasteiger partial charge in [0.1, 0.15) is 10.6 Å². The molecule has 0 saturated heterocycles. The smallest absolute Gasteiger partial charge is 0.339 e. The van der Waals surface area contributed by atoms with Crippen LogP contribution < -0.4 is 4.18 Å². The maximum Gasteiger partial charge on any atom is 0.339 e. The molecule has 0 spiro atoms. The van der Waals surface area contributed by atoms with Crippen molar-refractivity contribution in [3.8, 4) is 5.75 Å². The molecule has 0 saturated carbocycles. The van der Waals surface area contributed by atoms with Gasteiger partial charge in [0.2, 0.25) is 0 Å². The van der Waals surface area contributed by atoms with Gasteiger partial charge in [-0.15, -0.1) is 0 Å². The Bertz CT molecular complexity index is 1150. The van der Waals surface area contributed by atoms with Gasteiger partial charge in [-0.1, -0.05) is 29.8 Å². The van der Waals surface area contributed by atoms with Crippen LogP contribution in [0.3, 0.4) is 0 Å². The largest absolute Gasteiger partial charge is 0.379 e. The Kier molecular flexibility index (Phi) is 4.49. The topological polar surface area (TPSA) is 77.5 Å². The van der Waals surface area contributed by atoms with E-state index in [1.807, 2.05) is 6.92 Å². The summed E-state index contributed by atoms with van der Waals surface area (Å²) in [6, 6.07) is 15.2. The molecule has 0 amide bonds. The summed E-state index contributed by atoms with van der Waals surface area (Å²) >= 11 is 0. The van der Waals surface area contributed by atoms with E-state index in [4.69, 9.17) is 14.9 Å². The normalized spacial score (nSPS) is 12.2. The average Bonchev–Trinajstić information content (AvgIpc) is 2.53. The highest BCUT2D eigenvalue weighted by molar-refractivity contribution is 8.13. The van der Waals surface area contributed by atoms with Crippen LogP contribution in [-0.2, 0) is 19.2 Å². The van der Waals surface area contributed by atoms with Gasteiger partial charge in [-0.2, -0.15) is 8.42 Å². The summed E-state index contributed by atoms with van der Waals surface area (Å²) in [6.07, 6.45) is 0. The Hall–Kier alpha value is -2.09. The van der Waals surface area contributed by atoms with Crippen LogP contribution >= 0.6 is 10.7 Å².